The summed E-state index contributed by atoms with van der Waals surface area (Å²) in [7, 11) is -1.45. The first-order chi connectivity index (χ1) is 23.7. The van der Waals surface area contributed by atoms with Crippen LogP contribution < -0.4 is 0 Å². The predicted octanol–water partition coefficient (Wildman–Crippen LogP) is 3.64. The number of ether oxygens (including phenoxy) is 1. The van der Waals surface area contributed by atoms with Crippen LogP contribution >= 0.6 is 31.9 Å². The number of rotatable bonds is 5. The molecule has 0 unspecified atom stereocenters. The molecule has 0 aliphatic heterocycles. The van der Waals surface area contributed by atoms with E-state index in [2.05, 4.69) is 132 Å². The average molecular weight is 979 g/mol. The Morgan fingerprint density at radius 3 is 1.71 bits per heavy atom. The van der Waals surface area contributed by atoms with Crippen LogP contribution in [0.4, 0.5) is 4.79 Å². The Balaban J connectivity index is -0.000000105. The van der Waals surface area contributed by atoms with Crippen molar-refractivity contribution in [3.05, 3.63) is 119 Å². The van der Waals surface area contributed by atoms with E-state index in [1.807, 2.05) is 60.7 Å². The largest absolute Gasteiger partial charge is 0.467 e. The van der Waals surface area contributed by atoms with Crippen molar-refractivity contribution in [1.82, 2.24) is 41.2 Å². The van der Waals surface area contributed by atoms with E-state index in [0.29, 0.717) is 16.8 Å². The number of benzene rings is 2. The molecule has 0 saturated carbocycles. The van der Waals surface area contributed by atoms with Crippen molar-refractivity contribution in [3.63, 3.8) is 0 Å². The molecule has 24 heteroatoms. The van der Waals surface area contributed by atoms with Gasteiger partial charge in [-0.15, -0.1) is 0 Å². The second-order valence-electron chi connectivity index (χ2n) is 6.66. The van der Waals surface area contributed by atoms with Gasteiger partial charge in [-0.05, 0) is 33.0 Å². The number of nitrogens with zero attached hydrogens (tertiary/aromatic N) is 11. The van der Waals surface area contributed by atoms with Crippen LogP contribution in [0.25, 0.3) is 0 Å². The molecule has 2 aromatic carbocycles. The van der Waals surface area contributed by atoms with E-state index in [0.717, 1.165) is 11.1 Å². The van der Waals surface area contributed by atoms with Crippen LogP contribution in [0, 0.1) is 30.5 Å². The van der Waals surface area contributed by atoms with Gasteiger partial charge in [0.05, 0.1) is 6.54 Å². The summed E-state index contributed by atoms with van der Waals surface area (Å²) in [6, 6.07) is 19.1. The molecule has 1 amide bonds. The second kappa shape index (κ2) is 51.6. The first-order valence-electron chi connectivity index (χ1n) is 13.3. The van der Waals surface area contributed by atoms with Crippen LogP contribution in [0.2, 0.25) is 6.80 Å². The van der Waals surface area contributed by atoms with Crippen molar-refractivity contribution in [3.8, 4) is 0 Å². The third-order valence-electron chi connectivity index (χ3n) is 3.35. The molecule has 4 radical (unpaired) electrons. The van der Waals surface area contributed by atoms with Crippen molar-refractivity contribution < 1.29 is 106 Å². The van der Waals surface area contributed by atoms with Crippen molar-refractivity contribution in [2.24, 2.45) is 15.2 Å². The molecule has 4 aromatic rings. The summed E-state index contributed by atoms with van der Waals surface area (Å²) in [6.07, 6.45) is 6.59. The number of aromatic nitrogens is 8. The summed E-state index contributed by atoms with van der Waals surface area (Å²) in [4.78, 5) is 33.0. The van der Waals surface area contributed by atoms with Crippen molar-refractivity contribution >= 4 is 57.9 Å². The van der Waals surface area contributed by atoms with Crippen molar-refractivity contribution in [2.75, 3.05) is 0 Å². The zero-order chi connectivity index (χ0) is 37.4. The molecule has 4 rings (SSSR count). The molecule has 0 fully saturated rings. The number of amides is 1. The molecule has 268 valence electrons. The Kier molecular flexibility index (Phi) is 58.2. The van der Waals surface area contributed by atoms with Crippen molar-refractivity contribution in [2.45, 2.75) is 26.9 Å². The minimum absolute atomic E-state index is 0. The number of hydrogen-bond acceptors (Lipinski definition) is 16. The van der Waals surface area contributed by atoms with E-state index in [-0.39, 0.29) is 101 Å². The predicted molar refractivity (Wildman–Crippen MR) is 174 cm³/mol. The van der Waals surface area contributed by atoms with Gasteiger partial charge in [-0.1, -0.05) is 105 Å². The Morgan fingerprint density at radius 2 is 1.39 bits per heavy atom. The van der Waals surface area contributed by atoms with E-state index in [9.17, 15) is 4.79 Å². The van der Waals surface area contributed by atoms with Gasteiger partial charge in [0.25, 0.3) is 0 Å². The molecular formula is C27H28BBr2N11O6V4-4. The molecular weight excluding hydrogens is 949 g/mol. The van der Waals surface area contributed by atoms with Gasteiger partial charge in [0, 0.05) is 77.0 Å². The zero-order valence-electron chi connectivity index (χ0n) is 28.3. The molecule has 2 heterocycles. The van der Waals surface area contributed by atoms with Crippen molar-refractivity contribution in [1.29, 1.82) is 0 Å². The van der Waals surface area contributed by atoms with Crippen LogP contribution in [0.1, 0.15) is 19.6 Å². The fourth-order valence-corrected chi connectivity index (χ4v) is 2.02. The van der Waals surface area contributed by atoms with Gasteiger partial charge in [-0.3, -0.25) is 6.58 Å². The fourth-order valence-electron chi connectivity index (χ4n) is 1.87. The number of halogens is 2. The number of aliphatic imine (C=N–C) groups is 1. The first-order valence-corrected chi connectivity index (χ1v) is 13.5. The van der Waals surface area contributed by atoms with Gasteiger partial charge < -0.3 is 63.3 Å². The topological polar surface area (TPSA) is 241 Å². The van der Waals surface area contributed by atoms with Crippen LogP contribution in [-0.4, -0.2) is 77.4 Å². The normalized spacial score (nSPS) is 8.16. The first kappa shape index (κ1) is 57.5. The van der Waals surface area contributed by atoms with Gasteiger partial charge in [-0.2, -0.15) is 44.4 Å². The molecule has 2 N–H and O–H groups in total. The average Bonchev–Trinajstić information content (AvgIpc) is 3.14. The number of aryl methyl sites for hydroxylation is 1. The maximum Gasteiger partial charge on any atom is 0.452 e. The number of carbonyl (C=O) groups is 1. The molecule has 0 saturated heterocycles. The van der Waals surface area contributed by atoms with Crippen LogP contribution in [0.3, 0.4) is 0 Å². The molecule has 0 aliphatic rings. The smallest absolute Gasteiger partial charge is 0.452 e. The summed E-state index contributed by atoms with van der Waals surface area (Å²) >= 11 is 5.76. The summed E-state index contributed by atoms with van der Waals surface area (Å²) in [5.74, 6) is 0. The van der Waals surface area contributed by atoms with E-state index in [4.69, 9.17) is 27.1 Å². The maximum atomic E-state index is 11.3. The summed E-state index contributed by atoms with van der Waals surface area (Å²) in [5, 5.41) is 48.9. The van der Waals surface area contributed by atoms with E-state index < -0.39 is 13.2 Å². The van der Waals surface area contributed by atoms with E-state index >= 15 is 0 Å². The van der Waals surface area contributed by atoms with Crippen LogP contribution in [-0.2, 0) is 102 Å². The number of hydrogen-bond donors (Lipinski definition) is 2. The van der Waals surface area contributed by atoms with Gasteiger partial charge in [0.1, 0.15) is 6.61 Å². The minimum atomic E-state index is -1.45. The Hall–Kier alpha value is -2.80. The summed E-state index contributed by atoms with van der Waals surface area (Å²) in [5.41, 5.74) is 2.34. The molecule has 2 aromatic heterocycles. The quantitative estimate of drug-likeness (QED) is 0.126. The molecule has 0 spiro atoms. The van der Waals surface area contributed by atoms with Crippen LogP contribution in [0.5, 0.6) is 0 Å². The molecule has 0 bridgehead atoms. The molecule has 17 nitrogen and oxygen atoms in total. The van der Waals surface area contributed by atoms with Gasteiger partial charge in [0.2, 0.25) is 0 Å². The standard InChI is InChI=1S/C15H14N2O2.C3H3N4.C3H4N.C2BrN4.C2H2Br.CH5BO2.CO2.4V/c18-15(19-12-14-9-5-2-6-10-14)17-16-11-13-7-3-1-4-8-13;1-3-2-4-6-7-5-3;1-3-4-2;3-2-1-4-6-7-5-2;1-2-3;1-2(3)4;2-1-3;;;;/h1-10H,11-12H2;1H3;1-2H2;;1H2;3-4H,1H3;;;;;/q;4*-1;;;;;;/i;1D;;;;1D;;;;;. The van der Waals surface area contributed by atoms with Gasteiger partial charge in [-0.25, -0.2) is 4.79 Å². The van der Waals surface area contributed by atoms with Gasteiger partial charge in [0.15, 0.2) is 0 Å². The molecule has 0 aliphatic carbocycles. The SMILES string of the molecule is Brc1[c-]nnnn1.C=[C-]Br.C=[C-]N=C.O=C(N=NCc1ccccc1)OCc1ccccc1.O=C=O.[2H]CB(O)O.[2H]Cc1[c-]nnnn1.[V].[V].[V].[V]. The monoisotopic (exact) mass is 977 g/mol. The molecule has 51 heavy (non-hydrogen) atoms. The van der Waals surface area contributed by atoms with E-state index in [1.165, 1.54) is 0 Å². The summed E-state index contributed by atoms with van der Waals surface area (Å²) < 4.78 is 18.3. The number of carbonyl (C=O) groups excluding carboxylic acids is 3. The summed E-state index contributed by atoms with van der Waals surface area (Å²) in [6.45, 7) is 9.65. The van der Waals surface area contributed by atoms with E-state index in [1.54, 1.807) is 0 Å². The van der Waals surface area contributed by atoms with Crippen LogP contribution in [0.15, 0.2) is 93.6 Å². The molecule has 0 atom stereocenters. The zero-order valence-corrected chi connectivity index (χ0v) is 35.1. The minimum Gasteiger partial charge on any atom is -0.467 e. The third kappa shape index (κ3) is 56.8. The Morgan fingerprint density at radius 1 is 0.941 bits per heavy atom. The second-order valence-corrected chi connectivity index (χ2v) is 7.97. The fraction of sp³-hybridized carbons (Fsp3) is 0.148. The Bertz CT molecular complexity index is 1440. The maximum absolute atomic E-state index is 11.3. The Labute approximate surface area is 363 Å². The van der Waals surface area contributed by atoms with Gasteiger partial charge >= 0.3 is 19.4 Å². The number of azo groups is 1. The third-order valence-corrected chi connectivity index (χ3v) is 3.69.